The smallest absolute Gasteiger partial charge is 0.424 e. The molecule has 0 saturated heterocycles. The molecule has 3 aromatic rings. The number of benzene rings is 2. The van der Waals surface area contributed by atoms with Gasteiger partial charge in [-0.1, -0.05) is 36.4 Å². The highest BCUT2D eigenvalue weighted by molar-refractivity contribution is 5.83. The Kier molecular flexibility index (Phi) is 6.07. The summed E-state index contributed by atoms with van der Waals surface area (Å²) in [4.78, 5) is 13.7. The van der Waals surface area contributed by atoms with Gasteiger partial charge in [-0.3, -0.25) is 0 Å². The summed E-state index contributed by atoms with van der Waals surface area (Å²) in [6.07, 6.45) is -5.71. The van der Waals surface area contributed by atoms with E-state index in [9.17, 15) is 23.1 Å². The van der Waals surface area contributed by atoms with E-state index in [2.05, 4.69) is 5.32 Å². The minimum Gasteiger partial charge on any atom is -0.463 e. The summed E-state index contributed by atoms with van der Waals surface area (Å²) in [5.41, 5.74) is -2.28. The summed E-state index contributed by atoms with van der Waals surface area (Å²) in [7, 11) is 1.55. The molecule has 0 bridgehead atoms. The molecule has 1 heterocycles. The van der Waals surface area contributed by atoms with Gasteiger partial charge in [-0.2, -0.15) is 13.2 Å². The molecule has 3 rings (SSSR count). The normalized spacial score (nSPS) is 13.8. The first-order valence-electron chi connectivity index (χ1n) is 9.43. The third-order valence-electron chi connectivity index (χ3n) is 4.96. The number of carbonyl (C=O) groups is 1. The fourth-order valence-corrected chi connectivity index (χ4v) is 3.23. The fraction of sp³-hybridized carbons (Fsp3) is 0.318. The standard InChI is InChI=1S/C22H23F3N2O3/c1-15-7-10-19(30-15)21(29,22(23,24)25)11-12-26-20(28)27(2)14-16-8-9-17-5-3-4-6-18(17)13-16/h3-10,13,29H,11-12,14H2,1-2H3,(H,26,28)/t21-/m0/s1. The van der Waals surface area contributed by atoms with Gasteiger partial charge in [0.2, 0.25) is 5.60 Å². The third-order valence-corrected chi connectivity index (χ3v) is 4.96. The van der Waals surface area contributed by atoms with Crippen LogP contribution in [-0.4, -0.2) is 35.8 Å². The Hall–Kier alpha value is -3.00. The number of hydrogen-bond acceptors (Lipinski definition) is 3. The lowest BCUT2D eigenvalue weighted by molar-refractivity contribution is -0.274. The fourth-order valence-electron chi connectivity index (χ4n) is 3.23. The number of amides is 2. The van der Waals surface area contributed by atoms with Gasteiger partial charge in [0, 0.05) is 26.6 Å². The molecule has 30 heavy (non-hydrogen) atoms. The van der Waals surface area contributed by atoms with Crippen LogP contribution < -0.4 is 5.32 Å². The van der Waals surface area contributed by atoms with E-state index in [1.165, 1.54) is 17.9 Å². The molecule has 0 aliphatic rings. The van der Waals surface area contributed by atoms with Crippen LogP contribution in [0.4, 0.5) is 18.0 Å². The number of carbonyl (C=O) groups excluding carboxylic acids is 1. The molecular weight excluding hydrogens is 397 g/mol. The van der Waals surface area contributed by atoms with Gasteiger partial charge in [-0.05, 0) is 41.5 Å². The summed E-state index contributed by atoms with van der Waals surface area (Å²) >= 11 is 0. The summed E-state index contributed by atoms with van der Waals surface area (Å²) in [5.74, 6) is -0.335. The zero-order valence-corrected chi connectivity index (χ0v) is 16.7. The molecule has 2 aromatic carbocycles. The Morgan fingerprint density at radius 2 is 1.80 bits per heavy atom. The number of aliphatic hydroxyl groups is 1. The van der Waals surface area contributed by atoms with Crippen molar-refractivity contribution in [2.24, 2.45) is 0 Å². The molecule has 5 nitrogen and oxygen atoms in total. The molecular formula is C22H23F3N2O3. The summed E-state index contributed by atoms with van der Waals surface area (Å²) in [6, 6.07) is 15.5. The largest absolute Gasteiger partial charge is 0.463 e. The van der Waals surface area contributed by atoms with Gasteiger partial charge in [0.1, 0.15) is 11.5 Å². The van der Waals surface area contributed by atoms with Crippen molar-refractivity contribution < 1.29 is 27.5 Å². The number of urea groups is 1. The van der Waals surface area contributed by atoms with E-state index in [0.29, 0.717) is 0 Å². The average Bonchev–Trinajstić information content (AvgIpc) is 3.13. The van der Waals surface area contributed by atoms with Crippen LogP contribution in [0.2, 0.25) is 0 Å². The van der Waals surface area contributed by atoms with Crippen molar-refractivity contribution in [3.05, 3.63) is 71.7 Å². The lowest BCUT2D eigenvalue weighted by atomic mass is 9.96. The molecule has 8 heteroatoms. The molecule has 1 aromatic heterocycles. The predicted octanol–water partition coefficient (Wildman–Crippen LogP) is 4.72. The van der Waals surface area contributed by atoms with E-state index in [-0.39, 0.29) is 18.8 Å². The predicted molar refractivity (Wildman–Crippen MR) is 107 cm³/mol. The molecule has 160 valence electrons. The first-order valence-corrected chi connectivity index (χ1v) is 9.43. The Balaban J connectivity index is 1.60. The number of furan rings is 1. The highest BCUT2D eigenvalue weighted by Crippen LogP contribution is 2.42. The highest BCUT2D eigenvalue weighted by atomic mass is 19.4. The van der Waals surface area contributed by atoms with Crippen LogP contribution in [0.1, 0.15) is 23.5 Å². The highest BCUT2D eigenvalue weighted by Gasteiger charge is 2.56. The van der Waals surface area contributed by atoms with Crippen molar-refractivity contribution >= 4 is 16.8 Å². The molecule has 1 atom stereocenters. The SMILES string of the molecule is Cc1ccc([C@@](O)(CCNC(=O)N(C)Cc2ccc3ccccc3c2)C(F)(F)F)o1. The topological polar surface area (TPSA) is 65.7 Å². The van der Waals surface area contributed by atoms with Crippen molar-refractivity contribution in [2.75, 3.05) is 13.6 Å². The number of fused-ring (bicyclic) bond motifs is 1. The van der Waals surface area contributed by atoms with E-state index >= 15 is 0 Å². The second kappa shape index (κ2) is 8.39. The maximum absolute atomic E-state index is 13.5. The Morgan fingerprint density at radius 3 is 2.43 bits per heavy atom. The third kappa shape index (κ3) is 4.59. The van der Waals surface area contributed by atoms with E-state index < -0.39 is 30.0 Å². The van der Waals surface area contributed by atoms with Crippen molar-refractivity contribution in [1.29, 1.82) is 0 Å². The zero-order chi connectivity index (χ0) is 21.9. The maximum atomic E-state index is 13.5. The number of hydrogen-bond donors (Lipinski definition) is 2. The quantitative estimate of drug-likeness (QED) is 0.606. The molecule has 0 radical (unpaired) electrons. The summed E-state index contributed by atoms with van der Waals surface area (Å²) in [5, 5.41) is 14.8. The van der Waals surface area contributed by atoms with Gasteiger partial charge < -0.3 is 19.7 Å². The summed E-state index contributed by atoms with van der Waals surface area (Å²) in [6.45, 7) is 1.40. The minimum atomic E-state index is -4.95. The molecule has 0 spiro atoms. The van der Waals surface area contributed by atoms with Crippen LogP contribution in [-0.2, 0) is 12.1 Å². The van der Waals surface area contributed by atoms with Crippen LogP contribution in [0.5, 0.6) is 0 Å². The number of alkyl halides is 3. The second-order valence-electron chi connectivity index (χ2n) is 7.29. The monoisotopic (exact) mass is 420 g/mol. The number of rotatable bonds is 6. The van der Waals surface area contributed by atoms with Crippen LogP contribution in [0.25, 0.3) is 10.8 Å². The number of halogens is 3. The number of nitrogens with zero attached hydrogens (tertiary/aromatic N) is 1. The molecule has 0 unspecified atom stereocenters. The van der Waals surface area contributed by atoms with Gasteiger partial charge in [0.05, 0.1) is 0 Å². The van der Waals surface area contributed by atoms with E-state index in [4.69, 9.17) is 4.42 Å². The lowest BCUT2D eigenvalue weighted by Crippen LogP contribution is -2.46. The van der Waals surface area contributed by atoms with Crippen molar-refractivity contribution in [1.82, 2.24) is 10.2 Å². The van der Waals surface area contributed by atoms with Gasteiger partial charge in [-0.25, -0.2) is 4.79 Å². The van der Waals surface area contributed by atoms with Gasteiger partial charge in [0.25, 0.3) is 0 Å². The Bertz CT molecular complexity index is 1030. The first kappa shape index (κ1) is 21.7. The van der Waals surface area contributed by atoms with E-state index in [1.54, 1.807) is 7.05 Å². The number of aryl methyl sites for hydroxylation is 1. The maximum Gasteiger partial charge on any atom is 0.424 e. The van der Waals surface area contributed by atoms with Crippen LogP contribution in [0.15, 0.2) is 59.0 Å². The van der Waals surface area contributed by atoms with Gasteiger partial charge >= 0.3 is 12.2 Å². The summed E-state index contributed by atoms with van der Waals surface area (Å²) < 4.78 is 45.4. The first-order chi connectivity index (χ1) is 14.1. The van der Waals surface area contributed by atoms with Crippen molar-refractivity contribution in [3.63, 3.8) is 0 Å². The van der Waals surface area contributed by atoms with Crippen molar-refractivity contribution in [2.45, 2.75) is 31.7 Å². The molecule has 0 fully saturated rings. The van der Waals surface area contributed by atoms with Crippen LogP contribution in [0, 0.1) is 6.92 Å². The van der Waals surface area contributed by atoms with Gasteiger partial charge in [0.15, 0.2) is 0 Å². The molecule has 2 amide bonds. The van der Waals surface area contributed by atoms with Crippen molar-refractivity contribution in [3.8, 4) is 0 Å². The molecule has 2 N–H and O–H groups in total. The molecule has 0 aliphatic heterocycles. The Labute approximate surface area is 172 Å². The zero-order valence-electron chi connectivity index (χ0n) is 16.7. The van der Waals surface area contributed by atoms with Gasteiger partial charge in [-0.15, -0.1) is 0 Å². The van der Waals surface area contributed by atoms with E-state index in [0.717, 1.165) is 22.4 Å². The van der Waals surface area contributed by atoms with Crippen LogP contribution >= 0.6 is 0 Å². The molecule has 0 aliphatic carbocycles. The molecule has 0 saturated carbocycles. The minimum absolute atomic E-state index is 0.256. The van der Waals surface area contributed by atoms with E-state index in [1.807, 2.05) is 42.5 Å². The lowest BCUT2D eigenvalue weighted by Gasteiger charge is -2.29. The van der Waals surface area contributed by atoms with Crippen LogP contribution in [0.3, 0.4) is 0 Å². The number of nitrogens with one attached hydrogen (secondary N) is 1. The average molecular weight is 420 g/mol. The second-order valence-corrected chi connectivity index (χ2v) is 7.29. The Morgan fingerprint density at radius 1 is 1.10 bits per heavy atom.